The second-order valence-corrected chi connectivity index (χ2v) is 4.51. The molecule has 0 saturated heterocycles. The lowest BCUT2D eigenvalue weighted by Crippen LogP contribution is -2.12. The van der Waals surface area contributed by atoms with Gasteiger partial charge in [-0.2, -0.15) is 0 Å². The van der Waals surface area contributed by atoms with Crippen LogP contribution in [0.3, 0.4) is 0 Å². The van der Waals surface area contributed by atoms with Crippen molar-refractivity contribution in [1.29, 1.82) is 0 Å². The van der Waals surface area contributed by atoms with E-state index in [-0.39, 0.29) is 5.75 Å². The molecule has 0 aromatic heterocycles. The van der Waals surface area contributed by atoms with E-state index in [9.17, 15) is 9.90 Å². The number of phenols is 1. The molecule has 2 rings (SSSR count). The molecule has 5 heteroatoms. The van der Waals surface area contributed by atoms with Gasteiger partial charge in [-0.25, -0.2) is 0 Å². The number of hydrogen-bond donors (Lipinski definition) is 4. The van der Waals surface area contributed by atoms with Crippen molar-refractivity contribution < 1.29 is 9.90 Å². The van der Waals surface area contributed by atoms with E-state index in [0.717, 1.165) is 17.7 Å². The highest BCUT2D eigenvalue weighted by molar-refractivity contribution is 5.94. The summed E-state index contributed by atoms with van der Waals surface area (Å²) >= 11 is 0. The van der Waals surface area contributed by atoms with Gasteiger partial charge < -0.3 is 21.9 Å². The zero-order valence-electron chi connectivity index (χ0n) is 11.0. The number of nitrogens with two attached hydrogens (primary N) is 2. The van der Waals surface area contributed by atoms with E-state index in [1.807, 2.05) is 12.1 Å². The molecule has 0 unspecified atom stereocenters. The summed E-state index contributed by atoms with van der Waals surface area (Å²) in [5, 5.41) is 12.4. The van der Waals surface area contributed by atoms with Gasteiger partial charge in [-0.15, -0.1) is 0 Å². The number of rotatable bonds is 5. The highest BCUT2D eigenvalue weighted by Gasteiger charge is 2.04. The fourth-order valence-electron chi connectivity index (χ4n) is 1.88. The third kappa shape index (κ3) is 3.41. The van der Waals surface area contributed by atoms with Gasteiger partial charge in [0.2, 0.25) is 5.91 Å². The van der Waals surface area contributed by atoms with Crippen molar-refractivity contribution in [1.82, 2.24) is 0 Å². The summed E-state index contributed by atoms with van der Waals surface area (Å²) in [5.74, 6) is -0.236. The molecule has 0 aliphatic heterocycles. The predicted molar refractivity (Wildman–Crippen MR) is 79.7 cm³/mol. The van der Waals surface area contributed by atoms with E-state index in [2.05, 4.69) is 5.32 Å². The second kappa shape index (κ2) is 5.97. The Labute approximate surface area is 117 Å². The average Bonchev–Trinajstić information content (AvgIpc) is 2.42. The van der Waals surface area contributed by atoms with Crippen LogP contribution in [0.4, 0.5) is 11.4 Å². The van der Waals surface area contributed by atoms with Crippen molar-refractivity contribution >= 4 is 17.3 Å². The summed E-state index contributed by atoms with van der Waals surface area (Å²) in [6.45, 7) is 0.699. The monoisotopic (exact) mass is 271 g/mol. The van der Waals surface area contributed by atoms with Crippen molar-refractivity contribution in [2.24, 2.45) is 5.73 Å². The lowest BCUT2D eigenvalue weighted by molar-refractivity contribution is 0.100. The molecule has 0 aliphatic carbocycles. The quantitative estimate of drug-likeness (QED) is 0.622. The number of nitrogen functional groups attached to an aromatic ring is 1. The Balaban J connectivity index is 1.94. The molecule has 1 amide bonds. The van der Waals surface area contributed by atoms with Crippen molar-refractivity contribution in [3.05, 3.63) is 53.6 Å². The maximum absolute atomic E-state index is 11.0. The normalized spacial score (nSPS) is 10.2. The van der Waals surface area contributed by atoms with E-state index in [4.69, 9.17) is 11.5 Å². The Morgan fingerprint density at radius 3 is 2.45 bits per heavy atom. The van der Waals surface area contributed by atoms with Crippen LogP contribution in [0.25, 0.3) is 0 Å². The Kier molecular flexibility index (Phi) is 4.10. The third-order valence-electron chi connectivity index (χ3n) is 3.00. The van der Waals surface area contributed by atoms with Crippen LogP contribution in [-0.2, 0) is 6.42 Å². The first-order chi connectivity index (χ1) is 9.56. The minimum Gasteiger partial charge on any atom is -0.508 e. The summed E-state index contributed by atoms with van der Waals surface area (Å²) in [4.78, 5) is 11.0. The van der Waals surface area contributed by atoms with Crippen molar-refractivity contribution in [3.8, 4) is 5.75 Å². The van der Waals surface area contributed by atoms with Crippen molar-refractivity contribution in [2.45, 2.75) is 6.42 Å². The smallest absolute Gasteiger partial charge is 0.248 e. The molecule has 6 N–H and O–H groups in total. The van der Waals surface area contributed by atoms with Gasteiger partial charge >= 0.3 is 0 Å². The molecule has 0 bridgehead atoms. The number of anilines is 2. The number of nitrogens with one attached hydrogen (secondary N) is 1. The van der Waals surface area contributed by atoms with E-state index in [1.165, 1.54) is 0 Å². The zero-order valence-corrected chi connectivity index (χ0v) is 11.0. The van der Waals surface area contributed by atoms with Gasteiger partial charge in [-0.05, 0) is 42.3 Å². The summed E-state index contributed by atoms with van der Waals surface area (Å²) in [5.41, 5.74) is 13.8. The Morgan fingerprint density at radius 1 is 1.15 bits per heavy atom. The van der Waals surface area contributed by atoms with Crippen LogP contribution in [0.5, 0.6) is 5.75 Å². The highest BCUT2D eigenvalue weighted by atomic mass is 16.3. The average molecular weight is 271 g/mol. The van der Waals surface area contributed by atoms with E-state index < -0.39 is 5.91 Å². The Morgan fingerprint density at radius 2 is 1.85 bits per heavy atom. The molecule has 0 fully saturated rings. The van der Waals surface area contributed by atoms with Crippen LogP contribution in [0.15, 0.2) is 42.5 Å². The first-order valence-corrected chi connectivity index (χ1v) is 6.27. The summed E-state index contributed by atoms with van der Waals surface area (Å²) in [6, 6.07) is 12.0. The largest absolute Gasteiger partial charge is 0.508 e. The molecule has 0 aliphatic rings. The van der Waals surface area contributed by atoms with Crippen LogP contribution < -0.4 is 16.8 Å². The molecule has 0 atom stereocenters. The van der Waals surface area contributed by atoms with Gasteiger partial charge in [-0.1, -0.05) is 12.1 Å². The van der Waals surface area contributed by atoms with Gasteiger partial charge in [-0.3, -0.25) is 4.79 Å². The first kappa shape index (κ1) is 13.7. The highest BCUT2D eigenvalue weighted by Crippen LogP contribution is 2.19. The lowest BCUT2D eigenvalue weighted by atomic mass is 10.1. The Bertz CT molecular complexity index is 609. The van der Waals surface area contributed by atoms with Crippen molar-refractivity contribution in [3.63, 3.8) is 0 Å². The molecule has 0 spiro atoms. The topological polar surface area (TPSA) is 101 Å². The number of hydrogen-bond acceptors (Lipinski definition) is 4. The molecule has 5 nitrogen and oxygen atoms in total. The number of benzene rings is 2. The van der Waals surface area contributed by atoms with Crippen LogP contribution in [0.1, 0.15) is 15.9 Å². The molecule has 104 valence electrons. The number of phenolic OH excluding ortho intramolecular Hbond substituents is 1. The fourth-order valence-corrected chi connectivity index (χ4v) is 1.88. The minimum atomic E-state index is -0.493. The minimum absolute atomic E-state index is 0.257. The zero-order chi connectivity index (χ0) is 14.5. The third-order valence-corrected chi connectivity index (χ3v) is 3.00. The number of carbonyl (C=O) groups is 1. The van der Waals surface area contributed by atoms with Crippen molar-refractivity contribution in [2.75, 3.05) is 17.6 Å². The summed E-state index contributed by atoms with van der Waals surface area (Å²) in [6.07, 6.45) is 0.803. The van der Waals surface area contributed by atoms with Crippen LogP contribution >= 0.6 is 0 Å². The van der Waals surface area contributed by atoms with E-state index in [0.29, 0.717) is 17.8 Å². The second-order valence-electron chi connectivity index (χ2n) is 4.51. The Hall–Kier alpha value is -2.69. The molecule has 2 aromatic rings. The number of primary amides is 1. The number of carbonyl (C=O) groups excluding carboxylic acids is 1. The summed E-state index contributed by atoms with van der Waals surface area (Å²) in [7, 11) is 0. The van der Waals surface area contributed by atoms with Gasteiger partial charge in [0.05, 0.1) is 11.4 Å². The molecule has 2 aromatic carbocycles. The fraction of sp³-hybridized carbons (Fsp3) is 0.133. The molecule has 0 radical (unpaired) electrons. The maximum Gasteiger partial charge on any atom is 0.248 e. The summed E-state index contributed by atoms with van der Waals surface area (Å²) < 4.78 is 0. The standard InChI is InChI=1S/C15H17N3O2/c16-13-9-11(15(17)20)3-6-14(13)18-8-7-10-1-4-12(19)5-2-10/h1-6,9,18-19H,7-8,16H2,(H2,17,20). The van der Waals surface area contributed by atoms with E-state index >= 15 is 0 Å². The SMILES string of the molecule is NC(=O)c1ccc(NCCc2ccc(O)cc2)c(N)c1. The maximum atomic E-state index is 11.0. The predicted octanol–water partition coefficient (Wildman–Crippen LogP) is 1.73. The molecule has 20 heavy (non-hydrogen) atoms. The molecular weight excluding hydrogens is 254 g/mol. The molecule has 0 saturated carbocycles. The molecular formula is C15H17N3O2. The van der Waals surface area contributed by atoms with Gasteiger partial charge in [0.15, 0.2) is 0 Å². The van der Waals surface area contributed by atoms with Crippen LogP contribution in [-0.4, -0.2) is 17.6 Å². The van der Waals surface area contributed by atoms with E-state index in [1.54, 1.807) is 30.3 Å². The van der Waals surface area contributed by atoms with Crippen LogP contribution in [0, 0.1) is 0 Å². The van der Waals surface area contributed by atoms with Crippen LogP contribution in [0.2, 0.25) is 0 Å². The lowest BCUT2D eigenvalue weighted by Gasteiger charge is -2.10. The van der Waals surface area contributed by atoms with Gasteiger partial charge in [0.1, 0.15) is 5.75 Å². The van der Waals surface area contributed by atoms with Gasteiger partial charge in [0, 0.05) is 12.1 Å². The first-order valence-electron chi connectivity index (χ1n) is 6.27. The number of amides is 1. The van der Waals surface area contributed by atoms with Gasteiger partial charge in [0.25, 0.3) is 0 Å². The number of aromatic hydroxyl groups is 1. The molecule has 0 heterocycles.